The number of aryl methyl sites for hydroxylation is 1. The van der Waals surface area contributed by atoms with Crippen LogP contribution in [0.25, 0.3) is 0 Å². The summed E-state index contributed by atoms with van der Waals surface area (Å²) in [6, 6.07) is -0.00449. The fraction of sp³-hybridized carbons (Fsp3) is 0.750. The monoisotopic (exact) mass is 337 g/mol. The van der Waals surface area contributed by atoms with Crippen molar-refractivity contribution < 1.29 is 4.79 Å². The first-order valence-corrected chi connectivity index (χ1v) is 9.47. The van der Waals surface area contributed by atoms with Crippen LogP contribution >= 0.6 is 11.3 Å². The number of urea groups is 1. The number of carbonyl (C=O) groups is 1. The van der Waals surface area contributed by atoms with Crippen LogP contribution < -0.4 is 4.90 Å². The van der Waals surface area contributed by atoms with E-state index in [0.29, 0.717) is 11.7 Å². The minimum absolute atomic E-state index is 0.00449. The molecule has 23 heavy (non-hydrogen) atoms. The molecule has 1 saturated heterocycles. The molecule has 0 unspecified atom stereocenters. The van der Waals surface area contributed by atoms with E-state index in [9.17, 15) is 4.79 Å². The van der Waals surface area contributed by atoms with Crippen LogP contribution in [0.5, 0.6) is 0 Å². The van der Waals surface area contributed by atoms with Gasteiger partial charge in [-0.1, -0.05) is 51.4 Å². The number of rotatable bonds is 9. The SMILES string of the molecule is CCCCCN1CC(=NCCCC)N(c2nnc(CC)s2)C1=O. The van der Waals surface area contributed by atoms with Gasteiger partial charge in [0.15, 0.2) is 0 Å². The van der Waals surface area contributed by atoms with Gasteiger partial charge in [0.2, 0.25) is 5.13 Å². The summed E-state index contributed by atoms with van der Waals surface area (Å²) in [6.07, 6.45) is 6.31. The van der Waals surface area contributed by atoms with E-state index in [-0.39, 0.29) is 6.03 Å². The molecule has 0 aromatic carbocycles. The highest BCUT2D eigenvalue weighted by Crippen LogP contribution is 2.26. The molecular weight excluding hydrogens is 310 g/mol. The molecule has 0 aliphatic carbocycles. The summed E-state index contributed by atoms with van der Waals surface area (Å²) in [5.74, 6) is 0.818. The molecule has 1 aromatic heterocycles. The number of hydrogen-bond donors (Lipinski definition) is 0. The number of amides is 2. The van der Waals surface area contributed by atoms with Gasteiger partial charge in [-0.2, -0.15) is 0 Å². The zero-order valence-corrected chi connectivity index (χ0v) is 15.2. The molecule has 0 radical (unpaired) electrons. The van der Waals surface area contributed by atoms with Gasteiger partial charge in [-0.05, 0) is 19.3 Å². The van der Waals surface area contributed by atoms with Crippen molar-refractivity contribution in [2.75, 3.05) is 24.5 Å². The number of aliphatic imine (C=N–C) groups is 1. The average Bonchev–Trinajstić information content (AvgIpc) is 3.13. The first-order valence-electron chi connectivity index (χ1n) is 8.65. The Morgan fingerprint density at radius 3 is 2.57 bits per heavy atom. The lowest BCUT2D eigenvalue weighted by atomic mass is 10.2. The van der Waals surface area contributed by atoms with E-state index in [1.54, 1.807) is 4.90 Å². The summed E-state index contributed by atoms with van der Waals surface area (Å²) in [7, 11) is 0. The minimum Gasteiger partial charge on any atom is -0.316 e. The van der Waals surface area contributed by atoms with Gasteiger partial charge in [-0.3, -0.25) is 4.99 Å². The normalized spacial score (nSPS) is 16.8. The maximum Gasteiger partial charge on any atom is 0.332 e. The Morgan fingerprint density at radius 1 is 1.13 bits per heavy atom. The highest BCUT2D eigenvalue weighted by Gasteiger charge is 2.37. The molecule has 128 valence electrons. The topological polar surface area (TPSA) is 61.7 Å². The standard InChI is InChI=1S/C16H27N5OS/c1-4-7-9-11-20-12-13(17-10-8-5-2)21(16(20)22)15-19-18-14(6-3)23-15/h4-12H2,1-3H3. The first kappa shape index (κ1) is 17.8. The Hall–Kier alpha value is -1.50. The van der Waals surface area contributed by atoms with Crippen molar-refractivity contribution in [2.45, 2.75) is 59.3 Å². The molecule has 1 aromatic rings. The smallest absolute Gasteiger partial charge is 0.316 e. The first-order chi connectivity index (χ1) is 11.2. The van der Waals surface area contributed by atoms with E-state index in [4.69, 9.17) is 0 Å². The van der Waals surface area contributed by atoms with E-state index in [1.807, 2.05) is 11.8 Å². The number of unbranched alkanes of at least 4 members (excludes halogenated alkanes) is 3. The van der Waals surface area contributed by atoms with E-state index >= 15 is 0 Å². The molecule has 2 amide bonds. The molecule has 2 rings (SSSR count). The molecule has 1 fully saturated rings. The van der Waals surface area contributed by atoms with Gasteiger partial charge in [0.1, 0.15) is 10.8 Å². The van der Waals surface area contributed by atoms with Crippen LogP contribution in [0.1, 0.15) is 57.9 Å². The van der Waals surface area contributed by atoms with Gasteiger partial charge < -0.3 is 4.90 Å². The second-order valence-corrected chi connectivity index (χ2v) is 6.77. The Morgan fingerprint density at radius 2 is 1.91 bits per heavy atom. The lowest BCUT2D eigenvalue weighted by molar-refractivity contribution is 0.220. The van der Waals surface area contributed by atoms with Crippen LogP contribution in [0, 0.1) is 0 Å². The van der Waals surface area contributed by atoms with Gasteiger partial charge in [-0.15, -0.1) is 10.2 Å². The van der Waals surface area contributed by atoms with Gasteiger partial charge in [0.05, 0.1) is 6.54 Å². The molecule has 0 atom stereocenters. The van der Waals surface area contributed by atoms with Crippen molar-refractivity contribution in [1.82, 2.24) is 15.1 Å². The Kier molecular flexibility index (Phi) is 6.95. The molecule has 7 heteroatoms. The van der Waals surface area contributed by atoms with Crippen molar-refractivity contribution in [1.29, 1.82) is 0 Å². The lowest BCUT2D eigenvalue weighted by Gasteiger charge is -2.15. The van der Waals surface area contributed by atoms with Crippen LogP contribution in [0.3, 0.4) is 0 Å². The van der Waals surface area contributed by atoms with E-state index in [2.05, 4.69) is 29.0 Å². The van der Waals surface area contributed by atoms with Crippen LogP contribution in [-0.2, 0) is 6.42 Å². The third kappa shape index (κ3) is 4.50. The Balaban J connectivity index is 2.15. The zero-order valence-electron chi connectivity index (χ0n) is 14.4. The fourth-order valence-corrected chi connectivity index (χ4v) is 3.24. The molecule has 1 aliphatic rings. The molecule has 0 N–H and O–H groups in total. The number of nitrogens with zero attached hydrogens (tertiary/aromatic N) is 5. The van der Waals surface area contributed by atoms with Crippen molar-refractivity contribution in [2.24, 2.45) is 4.99 Å². The minimum atomic E-state index is -0.00449. The maximum atomic E-state index is 12.8. The highest BCUT2D eigenvalue weighted by molar-refractivity contribution is 7.15. The van der Waals surface area contributed by atoms with Crippen LogP contribution in [0.4, 0.5) is 9.93 Å². The second kappa shape index (κ2) is 8.96. The number of anilines is 1. The van der Waals surface area contributed by atoms with Crippen molar-refractivity contribution in [3.8, 4) is 0 Å². The second-order valence-electron chi connectivity index (χ2n) is 5.73. The lowest BCUT2D eigenvalue weighted by Crippen LogP contribution is -2.33. The molecule has 0 spiro atoms. The summed E-state index contributed by atoms with van der Waals surface area (Å²) in [5.41, 5.74) is 0. The summed E-state index contributed by atoms with van der Waals surface area (Å²) < 4.78 is 0. The third-order valence-electron chi connectivity index (χ3n) is 3.84. The number of aromatic nitrogens is 2. The summed E-state index contributed by atoms with van der Waals surface area (Å²) in [5, 5.41) is 9.94. The summed E-state index contributed by atoms with van der Waals surface area (Å²) in [4.78, 5) is 21.0. The number of hydrogen-bond acceptors (Lipinski definition) is 5. The molecule has 0 bridgehead atoms. The van der Waals surface area contributed by atoms with Crippen LogP contribution in [-0.4, -0.2) is 46.6 Å². The molecule has 0 saturated carbocycles. The molecule has 6 nitrogen and oxygen atoms in total. The summed E-state index contributed by atoms with van der Waals surface area (Å²) >= 11 is 1.48. The molecule has 2 heterocycles. The van der Waals surface area contributed by atoms with Gasteiger partial charge in [0, 0.05) is 13.1 Å². The maximum absolute atomic E-state index is 12.8. The van der Waals surface area contributed by atoms with E-state index in [0.717, 1.165) is 62.5 Å². The Labute approximate surface area is 142 Å². The predicted molar refractivity (Wildman–Crippen MR) is 95.5 cm³/mol. The quantitative estimate of drug-likeness (QED) is 0.645. The largest absolute Gasteiger partial charge is 0.332 e. The van der Waals surface area contributed by atoms with Crippen molar-refractivity contribution in [3.05, 3.63) is 5.01 Å². The third-order valence-corrected chi connectivity index (χ3v) is 4.89. The van der Waals surface area contributed by atoms with Crippen LogP contribution in [0.2, 0.25) is 0 Å². The van der Waals surface area contributed by atoms with Crippen molar-refractivity contribution in [3.63, 3.8) is 0 Å². The van der Waals surface area contributed by atoms with Gasteiger partial charge in [-0.25, -0.2) is 9.69 Å². The molecular formula is C16H27N5OS. The van der Waals surface area contributed by atoms with Gasteiger partial charge >= 0.3 is 6.03 Å². The van der Waals surface area contributed by atoms with Crippen molar-refractivity contribution >= 4 is 28.3 Å². The molecule has 1 aliphatic heterocycles. The summed E-state index contributed by atoms with van der Waals surface area (Å²) in [6.45, 7) is 8.50. The van der Waals surface area contributed by atoms with Gasteiger partial charge in [0.25, 0.3) is 0 Å². The number of carbonyl (C=O) groups excluding carboxylic acids is 1. The average molecular weight is 337 g/mol. The zero-order chi connectivity index (χ0) is 16.7. The van der Waals surface area contributed by atoms with E-state index in [1.165, 1.54) is 11.3 Å². The highest BCUT2D eigenvalue weighted by atomic mass is 32.1. The predicted octanol–water partition coefficient (Wildman–Crippen LogP) is 3.73. The van der Waals surface area contributed by atoms with Crippen LogP contribution in [0.15, 0.2) is 4.99 Å². The number of amidine groups is 1. The Bertz CT molecular complexity index is 542. The fourth-order valence-electron chi connectivity index (χ4n) is 2.45. The van der Waals surface area contributed by atoms with E-state index < -0.39 is 0 Å².